The molecular weight excluding hydrogens is 221 g/mol. The smallest absolute Gasteiger partial charge is 0.128 e. The monoisotopic (exact) mass is 237 g/mol. The second-order valence-electron chi connectivity index (χ2n) is 3.95. The van der Waals surface area contributed by atoms with Gasteiger partial charge < -0.3 is 0 Å². The van der Waals surface area contributed by atoms with Gasteiger partial charge in [0.25, 0.3) is 0 Å². The van der Waals surface area contributed by atoms with Gasteiger partial charge in [-0.2, -0.15) is 5.26 Å². The van der Waals surface area contributed by atoms with Gasteiger partial charge in [0.15, 0.2) is 0 Å². The maximum Gasteiger partial charge on any atom is 0.128 e. The molecule has 0 radical (unpaired) electrons. The summed E-state index contributed by atoms with van der Waals surface area (Å²) in [6, 6.07) is 3.43. The molecule has 1 aromatic carbocycles. The third-order valence-corrected chi connectivity index (χ3v) is 3.50. The number of rotatable bonds is 3. The topological polar surface area (TPSA) is 23.8 Å². The lowest BCUT2D eigenvalue weighted by molar-refractivity contribution is 0.590. The highest BCUT2D eigenvalue weighted by Crippen LogP contribution is 2.33. The molecule has 3 heteroatoms. The molecule has 16 heavy (non-hydrogen) atoms. The Balaban J connectivity index is 3.59. The number of nitrogens with zero attached hydrogens (tertiary/aromatic N) is 1. The lowest BCUT2D eigenvalue weighted by atomic mass is 9.93. The normalized spacial score (nSPS) is 10.6. The van der Waals surface area contributed by atoms with Crippen molar-refractivity contribution in [2.75, 3.05) is 6.26 Å². The largest absolute Gasteiger partial charge is 0.207 e. The zero-order chi connectivity index (χ0) is 12.3. The maximum absolute atomic E-state index is 13.9. The lowest BCUT2D eigenvalue weighted by Crippen LogP contribution is -2.04. The van der Waals surface area contributed by atoms with Crippen molar-refractivity contribution in [3.8, 4) is 6.07 Å². The van der Waals surface area contributed by atoms with E-state index in [1.807, 2.05) is 27.0 Å². The predicted molar refractivity (Wildman–Crippen MR) is 66.4 cm³/mol. The Bertz CT molecular complexity index is 429. The van der Waals surface area contributed by atoms with Crippen LogP contribution in [0.2, 0.25) is 0 Å². The first-order valence-corrected chi connectivity index (χ1v) is 6.58. The first-order chi connectivity index (χ1) is 7.56. The van der Waals surface area contributed by atoms with E-state index < -0.39 is 0 Å². The summed E-state index contributed by atoms with van der Waals surface area (Å²) >= 11 is 1.52. The first-order valence-electron chi connectivity index (χ1n) is 5.36. The van der Waals surface area contributed by atoms with Gasteiger partial charge >= 0.3 is 0 Å². The maximum atomic E-state index is 13.9. The number of thioether (sulfide) groups is 1. The van der Waals surface area contributed by atoms with Crippen LogP contribution in [0.3, 0.4) is 0 Å². The summed E-state index contributed by atoms with van der Waals surface area (Å²) in [4.78, 5) is 0.926. The number of hydrogen-bond donors (Lipinski definition) is 0. The highest BCUT2D eigenvalue weighted by atomic mass is 32.2. The van der Waals surface area contributed by atoms with E-state index in [1.165, 1.54) is 17.8 Å². The second-order valence-corrected chi connectivity index (χ2v) is 4.77. The molecule has 0 aliphatic heterocycles. The van der Waals surface area contributed by atoms with Crippen molar-refractivity contribution >= 4 is 11.8 Å². The van der Waals surface area contributed by atoms with Crippen LogP contribution in [0.1, 0.15) is 43.4 Å². The highest BCUT2D eigenvalue weighted by molar-refractivity contribution is 7.98. The summed E-state index contributed by atoms with van der Waals surface area (Å²) < 4.78 is 13.9. The van der Waals surface area contributed by atoms with Crippen molar-refractivity contribution in [1.29, 1.82) is 5.26 Å². The molecule has 0 aliphatic carbocycles. The van der Waals surface area contributed by atoms with Crippen LogP contribution in [-0.2, 0) is 6.42 Å². The Kier molecular flexibility index (Phi) is 4.37. The van der Waals surface area contributed by atoms with E-state index in [9.17, 15) is 4.39 Å². The Morgan fingerprint density at radius 1 is 1.50 bits per heavy atom. The van der Waals surface area contributed by atoms with Crippen molar-refractivity contribution in [2.24, 2.45) is 0 Å². The van der Waals surface area contributed by atoms with E-state index in [0.29, 0.717) is 5.56 Å². The van der Waals surface area contributed by atoms with E-state index in [0.717, 1.165) is 22.4 Å². The van der Waals surface area contributed by atoms with Gasteiger partial charge in [-0.3, -0.25) is 0 Å². The average molecular weight is 237 g/mol. The van der Waals surface area contributed by atoms with E-state index in [4.69, 9.17) is 5.26 Å². The molecule has 0 aliphatic rings. The minimum Gasteiger partial charge on any atom is -0.207 e. The molecule has 1 aromatic rings. The average Bonchev–Trinajstić information content (AvgIpc) is 2.26. The van der Waals surface area contributed by atoms with Crippen molar-refractivity contribution in [3.63, 3.8) is 0 Å². The summed E-state index contributed by atoms with van der Waals surface area (Å²) in [7, 11) is 0. The minimum atomic E-state index is -0.249. The lowest BCUT2D eigenvalue weighted by Gasteiger charge is -2.17. The molecule has 0 aromatic heterocycles. The summed E-state index contributed by atoms with van der Waals surface area (Å²) in [5.74, 6) is -0.102. The molecule has 0 saturated carbocycles. The molecule has 0 heterocycles. The zero-order valence-electron chi connectivity index (χ0n) is 10.1. The fraction of sp³-hybridized carbons (Fsp3) is 0.462. The molecule has 1 rings (SSSR count). The zero-order valence-corrected chi connectivity index (χ0v) is 10.9. The minimum absolute atomic E-state index is 0.147. The van der Waals surface area contributed by atoms with Crippen molar-refractivity contribution in [3.05, 3.63) is 28.6 Å². The molecule has 0 N–H and O–H groups in total. The van der Waals surface area contributed by atoms with E-state index in [2.05, 4.69) is 6.07 Å². The Morgan fingerprint density at radius 2 is 2.12 bits per heavy atom. The summed E-state index contributed by atoms with van der Waals surface area (Å²) in [5, 5.41) is 8.99. The Labute approximate surface area is 101 Å². The molecular formula is C13H16FNS. The number of halogens is 1. The van der Waals surface area contributed by atoms with E-state index in [1.54, 1.807) is 0 Å². The van der Waals surface area contributed by atoms with Gasteiger partial charge in [-0.25, -0.2) is 4.39 Å². The quantitative estimate of drug-likeness (QED) is 0.739. The van der Waals surface area contributed by atoms with Crippen molar-refractivity contribution in [1.82, 2.24) is 0 Å². The Hall–Kier alpha value is -1.01. The van der Waals surface area contributed by atoms with Crippen molar-refractivity contribution in [2.45, 2.75) is 38.0 Å². The molecule has 0 saturated heterocycles. The molecule has 86 valence electrons. The van der Waals surface area contributed by atoms with E-state index in [-0.39, 0.29) is 11.7 Å². The molecule has 0 spiro atoms. The van der Waals surface area contributed by atoms with Crippen LogP contribution < -0.4 is 0 Å². The molecule has 0 unspecified atom stereocenters. The molecule has 0 bridgehead atoms. The van der Waals surface area contributed by atoms with Gasteiger partial charge in [-0.05, 0) is 35.8 Å². The molecule has 0 atom stereocenters. The van der Waals surface area contributed by atoms with Crippen LogP contribution >= 0.6 is 11.8 Å². The van der Waals surface area contributed by atoms with Crippen LogP contribution in [0, 0.1) is 17.1 Å². The van der Waals surface area contributed by atoms with E-state index >= 15 is 0 Å². The summed E-state index contributed by atoms with van der Waals surface area (Å²) in [5.41, 5.74) is 2.19. The van der Waals surface area contributed by atoms with Gasteiger partial charge in [0.05, 0.1) is 5.56 Å². The molecule has 0 amide bonds. The van der Waals surface area contributed by atoms with Crippen LogP contribution in [0.15, 0.2) is 11.0 Å². The van der Waals surface area contributed by atoms with Gasteiger partial charge in [-0.15, -0.1) is 11.8 Å². The number of benzene rings is 1. The second kappa shape index (κ2) is 5.36. The number of nitriles is 1. The van der Waals surface area contributed by atoms with Crippen LogP contribution in [-0.4, -0.2) is 6.26 Å². The number of hydrogen-bond acceptors (Lipinski definition) is 2. The van der Waals surface area contributed by atoms with Gasteiger partial charge in [-0.1, -0.05) is 20.8 Å². The Morgan fingerprint density at radius 3 is 2.50 bits per heavy atom. The van der Waals surface area contributed by atoms with Crippen LogP contribution in [0.4, 0.5) is 4.39 Å². The fourth-order valence-corrected chi connectivity index (χ4v) is 2.82. The first kappa shape index (κ1) is 13.1. The van der Waals surface area contributed by atoms with Gasteiger partial charge in [0, 0.05) is 4.90 Å². The highest BCUT2D eigenvalue weighted by Gasteiger charge is 2.18. The van der Waals surface area contributed by atoms with Crippen molar-refractivity contribution < 1.29 is 4.39 Å². The standard InChI is InChI=1S/C13H16FNS/c1-5-10-12(8(2)3)11(14)6-9(7-15)13(10)16-4/h6,8H,5H2,1-4H3. The summed E-state index contributed by atoms with van der Waals surface area (Å²) in [6.45, 7) is 5.96. The third-order valence-electron chi connectivity index (χ3n) is 2.63. The summed E-state index contributed by atoms with van der Waals surface area (Å²) in [6.07, 6.45) is 2.69. The van der Waals surface area contributed by atoms with Gasteiger partial charge in [0.2, 0.25) is 0 Å². The fourth-order valence-electron chi connectivity index (χ4n) is 1.99. The SMILES string of the molecule is CCc1c(SC)c(C#N)cc(F)c1C(C)C. The predicted octanol–water partition coefficient (Wildman–Crippen LogP) is 4.11. The van der Waals surface area contributed by atoms with Gasteiger partial charge in [0.1, 0.15) is 11.9 Å². The third kappa shape index (κ3) is 2.22. The molecule has 0 fully saturated rings. The molecule has 1 nitrogen and oxygen atoms in total. The van der Waals surface area contributed by atoms with Crippen LogP contribution in [0.25, 0.3) is 0 Å². The van der Waals surface area contributed by atoms with Crippen LogP contribution in [0.5, 0.6) is 0 Å².